The van der Waals surface area contributed by atoms with Crippen molar-refractivity contribution in [2.24, 2.45) is 18.2 Å². The lowest BCUT2D eigenvalue weighted by atomic mass is 9.60. The van der Waals surface area contributed by atoms with Gasteiger partial charge in [0.1, 0.15) is 23.0 Å². The van der Waals surface area contributed by atoms with Gasteiger partial charge >= 0.3 is 6.01 Å². The maximum absolute atomic E-state index is 14.5. The topological polar surface area (TPSA) is 130 Å². The number of halogens is 1. The van der Waals surface area contributed by atoms with Crippen LogP contribution in [0.5, 0.6) is 17.6 Å². The number of aromatic nitrogens is 5. The summed E-state index contributed by atoms with van der Waals surface area (Å²) in [5, 5.41) is 15.6. The van der Waals surface area contributed by atoms with Gasteiger partial charge < -0.3 is 35.3 Å². The average molecular weight is 503 g/mol. The number of anilines is 2. The molecule has 5 N–H and O–H groups in total. The fraction of sp³-hybridized carbons (Fsp3) is 0.346. The van der Waals surface area contributed by atoms with Crippen LogP contribution in [0.15, 0.2) is 24.4 Å². The first-order chi connectivity index (χ1) is 17.8. The highest BCUT2D eigenvalue weighted by Crippen LogP contribution is 2.50. The van der Waals surface area contributed by atoms with E-state index >= 15 is 0 Å². The van der Waals surface area contributed by atoms with E-state index in [1.807, 2.05) is 6.92 Å². The Balaban J connectivity index is 1.36. The predicted molar refractivity (Wildman–Crippen MR) is 140 cm³/mol. The highest BCUT2D eigenvalue weighted by atomic mass is 19.1. The van der Waals surface area contributed by atoms with Crippen molar-refractivity contribution in [3.63, 3.8) is 0 Å². The minimum atomic E-state index is -0.345. The Hall–Kier alpha value is -4.12. The van der Waals surface area contributed by atoms with Gasteiger partial charge in [-0.1, -0.05) is 0 Å². The molecule has 4 aromatic heterocycles. The van der Waals surface area contributed by atoms with Crippen molar-refractivity contribution in [3.05, 3.63) is 35.9 Å². The zero-order chi connectivity index (χ0) is 25.6. The van der Waals surface area contributed by atoms with Crippen LogP contribution < -0.4 is 20.7 Å². The number of H-pyrrole nitrogens is 1. The Morgan fingerprint density at radius 3 is 2.76 bits per heavy atom. The molecule has 10 nitrogen and oxygen atoms in total. The molecule has 0 amide bonds. The molecule has 0 bridgehead atoms. The number of pyridine rings is 1. The Kier molecular flexibility index (Phi) is 4.45. The van der Waals surface area contributed by atoms with Crippen molar-refractivity contribution in [2.45, 2.75) is 25.8 Å². The number of nitrogens with two attached hydrogens (primary N) is 1. The highest BCUT2D eigenvalue weighted by Gasteiger charge is 2.54. The van der Waals surface area contributed by atoms with E-state index < -0.39 is 0 Å². The molecular formula is C26H27FN8O2. The number of hydrogen-bond acceptors (Lipinski definition) is 8. The fourth-order valence-electron chi connectivity index (χ4n) is 5.84. The van der Waals surface area contributed by atoms with Crippen molar-refractivity contribution in [1.29, 1.82) is 0 Å². The van der Waals surface area contributed by atoms with E-state index in [2.05, 4.69) is 25.2 Å². The minimum absolute atomic E-state index is 0.113. The van der Waals surface area contributed by atoms with E-state index in [0.29, 0.717) is 39.2 Å². The van der Waals surface area contributed by atoms with E-state index in [4.69, 9.17) is 15.5 Å². The van der Waals surface area contributed by atoms with Crippen molar-refractivity contribution >= 4 is 44.3 Å². The third kappa shape index (κ3) is 3.03. The Bertz CT molecular complexity index is 1740. The van der Waals surface area contributed by atoms with Crippen molar-refractivity contribution in [3.8, 4) is 17.6 Å². The van der Waals surface area contributed by atoms with Crippen LogP contribution in [0.2, 0.25) is 0 Å². The molecular weight excluding hydrogens is 475 g/mol. The van der Waals surface area contributed by atoms with Gasteiger partial charge in [0.25, 0.3) is 0 Å². The summed E-state index contributed by atoms with van der Waals surface area (Å²) in [6.45, 7) is 3.46. The second-order valence-corrected chi connectivity index (χ2v) is 10.3. The summed E-state index contributed by atoms with van der Waals surface area (Å²) in [6, 6.07) is 5.00. The minimum Gasteiger partial charge on any atom is -0.494 e. The number of ether oxygens (including phenoxy) is 1. The quantitative estimate of drug-likeness (QED) is 0.291. The van der Waals surface area contributed by atoms with Gasteiger partial charge in [0.2, 0.25) is 5.88 Å². The van der Waals surface area contributed by atoms with Gasteiger partial charge in [-0.15, -0.1) is 0 Å². The van der Waals surface area contributed by atoms with E-state index in [0.717, 1.165) is 42.5 Å². The third-order valence-corrected chi connectivity index (χ3v) is 8.28. The summed E-state index contributed by atoms with van der Waals surface area (Å²) >= 11 is 0. The normalized spacial score (nSPS) is 18.5. The molecule has 7 rings (SSSR count). The van der Waals surface area contributed by atoms with Gasteiger partial charge in [-0.3, -0.25) is 4.98 Å². The highest BCUT2D eigenvalue weighted by molar-refractivity contribution is 6.14. The summed E-state index contributed by atoms with van der Waals surface area (Å²) in [6.07, 6.45) is 3.72. The number of aromatic hydroxyl groups is 1. The second-order valence-electron chi connectivity index (χ2n) is 10.3. The van der Waals surface area contributed by atoms with E-state index in [1.165, 1.54) is 12.1 Å². The molecule has 1 aliphatic heterocycles. The van der Waals surface area contributed by atoms with E-state index in [9.17, 15) is 9.50 Å². The smallest absolute Gasteiger partial charge is 0.326 e. The molecule has 0 radical (unpaired) electrons. The summed E-state index contributed by atoms with van der Waals surface area (Å²) in [5.74, 6) is 0.846. The summed E-state index contributed by atoms with van der Waals surface area (Å²) in [7, 11) is 3.53. The maximum Gasteiger partial charge on any atom is 0.326 e. The molecule has 1 saturated carbocycles. The Morgan fingerprint density at radius 2 is 2.05 bits per heavy atom. The molecule has 2 aliphatic rings. The largest absolute Gasteiger partial charge is 0.494 e. The number of nitrogens with one attached hydrogen (secondary N) is 2. The van der Waals surface area contributed by atoms with E-state index in [1.54, 1.807) is 30.9 Å². The lowest BCUT2D eigenvalue weighted by molar-refractivity contribution is 0.0559. The van der Waals surface area contributed by atoms with Crippen LogP contribution in [0.1, 0.15) is 18.5 Å². The van der Waals surface area contributed by atoms with Crippen molar-refractivity contribution < 1.29 is 14.2 Å². The molecule has 1 atom stereocenters. The monoisotopic (exact) mass is 502 g/mol. The van der Waals surface area contributed by atoms with Crippen LogP contribution in [0.25, 0.3) is 32.8 Å². The molecule has 5 heterocycles. The van der Waals surface area contributed by atoms with Crippen LogP contribution in [0, 0.1) is 18.2 Å². The molecule has 1 aromatic carbocycles. The predicted octanol–water partition coefficient (Wildman–Crippen LogP) is 3.91. The average Bonchev–Trinajstić information content (AvgIpc) is 3.32. The first-order valence-electron chi connectivity index (χ1n) is 12.3. The molecule has 5 aromatic rings. The van der Waals surface area contributed by atoms with Gasteiger partial charge in [-0.05, 0) is 38.0 Å². The third-order valence-electron chi connectivity index (χ3n) is 8.28. The number of hydrogen-bond donors (Lipinski definition) is 4. The van der Waals surface area contributed by atoms with E-state index in [-0.39, 0.29) is 29.2 Å². The van der Waals surface area contributed by atoms with Crippen LogP contribution in [0.4, 0.5) is 15.9 Å². The standard InChI is InChI=1S/C26H27FN8O2/c1-12-20-16(24(36)34(12)3)8-14(9-30-20)37-25-32-22-19(15-6-13(27)7-17(29-2)21(15)31-22)23(33-25)35-10-26(11-35)5-4-18(26)28/h6-9,18,29,36H,4-5,10-11,28H2,1-3H3,(H,31,32,33)/t18-/m1/s1. The van der Waals surface area contributed by atoms with Crippen molar-refractivity contribution in [2.75, 3.05) is 30.4 Å². The molecule has 2 fully saturated rings. The first kappa shape index (κ1) is 22.1. The van der Waals surface area contributed by atoms with Crippen LogP contribution >= 0.6 is 0 Å². The number of aryl methyl sites for hydroxylation is 1. The molecule has 1 aliphatic carbocycles. The molecule has 11 heteroatoms. The molecule has 190 valence electrons. The Morgan fingerprint density at radius 1 is 1.24 bits per heavy atom. The molecule has 1 saturated heterocycles. The van der Waals surface area contributed by atoms with Gasteiger partial charge in [-0.2, -0.15) is 9.97 Å². The molecule has 0 unspecified atom stereocenters. The van der Waals surface area contributed by atoms with Crippen LogP contribution in [0.3, 0.4) is 0 Å². The van der Waals surface area contributed by atoms with Crippen LogP contribution in [-0.4, -0.2) is 55.8 Å². The maximum atomic E-state index is 14.5. The van der Waals surface area contributed by atoms with Crippen molar-refractivity contribution in [1.82, 2.24) is 24.5 Å². The second kappa shape index (κ2) is 7.45. The number of benzene rings is 1. The summed E-state index contributed by atoms with van der Waals surface area (Å²) in [5.41, 5.74) is 9.91. The zero-order valence-electron chi connectivity index (χ0n) is 20.8. The fourth-order valence-corrected chi connectivity index (χ4v) is 5.84. The number of rotatable bonds is 4. The van der Waals surface area contributed by atoms with Gasteiger partial charge in [0.15, 0.2) is 0 Å². The zero-order valence-corrected chi connectivity index (χ0v) is 20.8. The SMILES string of the molecule is CNc1cc(F)cc2c1[nH]c1nc(Oc3cnc4c(C)n(C)c(O)c4c3)nc(N3CC4(CC[C@H]4N)C3)c12. The van der Waals surface area contributed by atoms with Gasteiger partial charge in [0.05, 0.1) is 33.7 Å². The summed E-state index contributed by atoms with van der Waals surface area (Å²) in [4.78, 5) is 19.4. The van der Waals surface area contributed by atoms with Gasteiger partial charge in [0, 0.05) is 49.7 Å². The Labute approximate surface area is 211 Å². The number of aromatic amines is 1. The number of fused-ring (bicyclic) bond motifs is 4. The molecule has 1 spiro atoms. The lowest BCUT2D eigenvalue weighted by Gasteiger charge is -2.60. The lowest BCUT2D eigenvalue weighted by Crippen LogP contribution is -2.69. The summed E-state index contributed by atoms with van der Waals surface area (Å²) < 4.78 is 22.3. The van der Waals surface area contributed by atoms with Gasteiger partial charge in [-0.25, -0.2) is 4.39 Å². The first-order valence-corrected chi connectivity index (χ1v) is 12.3. The molecule has 37 heavy (non-hydrogen) atoms. The van der Waals surface area contributed by atoms with Crippen LogP contribution in [-0.2, 0) is 7.05 Å². The number of nitrogens with zero attached hydrogens (tertiary/aromatic N) is 5.